The molecule has 2 heterocycles. The summed E-state index contributed by atoms with van der Waals surface area (Å²) in [7, 11) is 0. The number of hydrogen-bond donors (Lipinski definition) is 0. The van der Waals surface area contributed by atoms with Crippen molar-refractivity contribution in [3.8, 4) is 0 Å². The number of carbonyl (C=O) groups excluding carboxylic acids is 1. The topological polar surface area (TPSA) is 33.2 Å². The summed E-state index contributed by atoms with van der Waals surface area (Å²) < 4.78 is 0. The van der Waals surface area contributed by atoms with Crippen molar-refractivity contribution in [2.45, 2.75) is 18.7 Å². The maximum Gasteiger partial charge on any atom is 0.230 e. The number of thiazole rings is 1. The number of rotatable bonds is 1. The largest absolute Gasteiger partial charge is 0.287 e. The quantitative estimate of drug-likeness (QED) is 0.671. The van der Waals surface area contributed by atoms with Gasteiger partial charge in [-0.05, 0) is 6.92 Å². The third-order valence-corrected chi connectivity index (χ3v) is 3.19. The van der Waals surface area contributed by atoms with Crippen molar-refractivity contribution in [2.24, 2.45) is 0 Å². The second kappa shape index (κ2) is 3.27. The van der Waals surface area contributed by atoms with E-state index in [-0.39, 0.29) is 11.3 Å². The van der Waals surface area contributed by atoms with E-state index in [1.54, 1.807) is 4.90 Å². The predicted octanol–water partition coefficient (Wildman–Crippen LogP) is 1.80. The minimum Gasteiger partial charge on any atom is -0.287 e. The lowest BCUT2D eigenvalue weighted by Crippen LogP contribution is -2.24. The Bertz CT molecular complexity index is 339. The lowest BCUT2D eigenvalue weighted by atomic mass is 10.4. The third kappa shape index (κ3) is 1.69. The highest BCUT2D eigenvalue weighted by Gasteiger charge is 2.30. The summed E-state index contributed by atoms with van der Waals surface area (Å²) in [5.74, 6) is 0.0781. The summed E-state index contributed by atoms with van der Waals surface area (Å²) in [5, 5.41) is 2.65. The zero-order valence-electron chi connectivity index (χ0n) is 7.16. The number of carbonyl (C=O) groups is 1. The van der Waals surface area contributed by atoms with Crippen molar-refractivity contribution < 1.29 is 4.79 Å². The van der Waals surface area contributed by atoms with Crippen molar-refractivity contribution in [3.05, 3.63) is 11.1 Å². The molecule has 2 rings (SSSR count). The van der Waals surface area contributed by atoms with Gasteiger partial charge in [0.2, 0.25) is 5.91 Å². The summed E-state index contributed by atoms with van der Waals surface area (Å²) >= 11 is 7.36. The van der Waals surface area contributed by atoms with Crippen molar-refractivity contribution in [2.75, 3.05) is 11.4 Å². The minimum absolute atomic E-state index is 0.0586. The molecule has 1 aromatic heterocycles. The monoisotopic (exact) mass is 216 g/mol. The summed E-state index contributed by atoms with van der Waals surface area (Å²) in [6.45, 7) is 2.51. The van der Waals surface area contributed by atoms with Crippen molar-refractivity contribution in [3.63, 3.8) is 0 Å². The molecule has 1 atom stereocenters. The zero-order chi connectivity index (χ0) is 9.42. The maximum atomic E-state index is 11.4. The normalized spacial score (nSPS) is 22.8. The first-order chi connectivity index (χ1) is 6.16. The molecule has 0 bridgehead atoms. The number of amides is 1. The second-order valence-electron chi connectivity index (χ2n) is 3.08. The summed E-state index contributed by atoms with van der Waals surface area (Å²) in [4.78, 5) is 17.3. The highest BCUT2D eigenvalue weighted by molar-refractivity contribution is 7.14. The first kappa shape index (κ1) is 8.97. The Kier molecular flexibility index (Phi) is 2.26. The summed E-state index contributed by atoms with van der Waals surface area (Å²) in [6, 6.07) is 0. The van der Waals surface area contributed by atoms with Crippen LogP contribution in [0.1, 0.15) is 12.1 Å². The van der Waals surface area contributed by atoms with E-state index in [9.17, 15) is 4.79 Å². The van der Waals surface area contributed by atoms with Crippen molar-refractivity contribution >= 4 is 34.0 Å². The number of alkyl halides is 1. The molecule has 3 nitrogen and oxygen atoms in total. The van der Waals surface area contributed by atoms with Crippen LogP contribution in [-0.2, 0) is 4.79 Å². The summed E-state index contributed by atoms with van der Waals surface area (Å²) in [5.41, 5.74) is 0.950. The van der Waals surface area contributed by atoms with Crippen molar-refractivity contribution in [1.82, 2.24) is 4.98 Å². The molecule has 1 aliphatic rings. The average Bonchev–Trinajstić information content (AvgIpc) is 2.58. The van der Waals surface area contributed by atoms with Gasteiger partial charge in [0, 0.05) is 18.3 Å². The van der Waals surface area contributed by atoms with Gasteiger partial charge >= 0.3 is 0 Å². The lowest BCUT2D eigenvalue weighted by molar-refractivity contribution is -0.117. The van der Waals surface area contributed by atoms with Crippen LogP contribution in [0.2, 0.25) is 0 Å². The van der Waals surface area contributed by atoms with E-state index >= 15 is 0 Å². The SMILES string of the molecule is Cc1csc(N2CC(Cl)CC2=O)n1. The number of halogens is 1. The fourth-order valence-corrected chi connectivity index (χ4v) is 2.41. The molecule has 1 unspecified atom stereocenters. The van der Waals surface area contributed by atoms with E-state index in [1.807, 2.05) is 12.3 Å². The van der Waals surface area contributed by atoms with Crippen LogP contribution in [0.25, 0.3) is 0 Å². The van der Waals surface area contributed by atoms with Gasteiger partial charge in [-0.15, -0.1) is 22.9 Å². The molecular formula is C8H9ClN2OS. The molecule has 0 aliphatic carbocycles. The molecule has 1 amide bonds. The van der Waals surface area contributed by atoms with Crippen LogP contribution in [0, 0.1) is 6.92 Å². The Labute approximate surface area is 85.3 Å². The van der Waals surface area contributed by atoms with Gasteiger partial charge in [-0.25, -0.2) is 4.98 Å². The smallest absolute Gasteiger partial charge is 0.230 e. The van der Waals surface area contributed by atoms with E-state index < -0.39 is 0 Å². The lowest BCUT2D eigenvalue weighted by Gasteiger charge is -2.10. The molecule has 1 fully saturated rings. The molecule has 1 aliphatic heterocycles. The predicted molar refractivity (Wildman–Crippen MR) is 53.5 cm³/mol. The van der Waals surface area contributed by atoms with Gasteiger partial charge in [0.05, 0.1) is 11.1 Å². The van der Waals surface area contributed by atoms with Crippen LogP contribution in [0.3, 0.4) is 0 Å². The molecule has 0 N–H and O–H groups in total. The highest BCUT2D eigenvalue weighted by atomic mass is 35.5. The Balaban J connectivity index is 2.22. The standard InChI is InChI=1S/C8H9ClN2OS/c1-5-4-13-8(10-5)11-3-6(9)2-7(11)12/h4,6H,2-3H2,1H3. The van der Waals surface area contributed by atoms with E-state index in [0.29, 0.717) is 13.0 Å². The molecule has 70 valence electrons. The summed E-state index contributed by atoms with van der Waals surface area (Å²) in [6.07, 6.45) is 0.431. The van der Waals surface area contributed by atoms with Gasteiger partial charge in [-0.2, -0.15) is 0 Å². The molecule has 0 saturated carbocycles. The van der Waals surface area contributed by atoms with Crippen LogP contribution in [0.4, 0.5) is 5.13 Å². The van der Waals surface area contributed by atoms with Gasteiger partial charge in [-0.3, -0.25) is 9.69 Å². The van der Waals surface area contributed by atoms with Gasteiger partial charge in [-0.1, -0.05) is 0 Å². The number of anilines is 1. The molecular weight excluding hydrogens is 208 g/mol. The van der Waals surface area contributed by atoms with E-state index in [1.165, 1.54) is 11.3 Å². The van der Waals surface area contributed by atoms with Gasteiger partial charge < -0.3 is 0 Å². The molecule has 13 heavy (non-hydrogen) atoms. The van der Waals surface area contributed by atoms with Crippen molar-refractivity contribution in [1.29, 1.82) is 0 Å². The van der Waals surface area contributed by atoms with Crippen LogP contribution < -0.4 is 4.90 Å². The molecule has 0 spiro atoms. The van der Waals surface area contributed by atoms with E-state index in [0.717, 1.165) is 10.8 Å². The fourth-order valence-electron chi connectivity index (χ4n) is 1.31. The molecule has 0 aromatic carbocycles. The highest BCUT2D eigenvalue weighted by Crippen LogP contribution is 2.26. The van der Waals surface area contributed by atoms with Crippen LogP contribution >= 0.6 is 22.9 Å². The zero-order valence-corrected chi connectivity index (χ0v) is 8.73. The minimum atomic E-state index is -0.0586. The van der Waals surface area contributed by atoms with Gasteiger partial charge in [0.1, 0.15) is 0 Å². The number of hydrogen-bond acceptors (Lipinski definition) is 3. The Morgan fingerprint density at radius 2 is 2.54 bits per heavy atom. The average molecular weight is 217 g/mol. The molecule has 1 saturated heterocycles. The third-order valence-electron chi connectivity index (χ3n) is 1.92. The van der Waals surface area contributed by atoms with Crippen LogP contribution in [-0.4, -0.2) is 22.8 Å². The first-order valence-corrected chi connectivity index (χ1v) is 5.35. The second-order valence-corrected chi connectivity index (χ2v) is 4.53. The number of aryl methyl sites for hydroxylation is 1. The first-order valence-electron chi connectivity index (χ1n) is 4.03. The Morgan fingerprint density at radius 1 is 1.77 bits per heavy atom. The fraction of sp³-hybridized carbons (Fsp3) is 0.500. The van der Waals surface area contributed by atoms with Crippen LogP contribution in [0.15, 0.2) is 5.38 Å². The van der Waals surface area contributed by atoms with E-state index in [2.05, 4.69) is 4.98 Å². The Hall–Kier alpha value is -0.610. The molecule has 0 radical (unpaired) electrons. The number of aromatic nitrogens is 1. The van der Waals surface area contributed by atoms with E-state index in [4.69, 9.17) is 11.6 Å². The van der Waals surface area contributed by atoms with Crippen LogP contribution in [0.5, 0.6) is 0 Å². The molecule has 1 aromatic rings. The maximum absolute atomic E-state index is 11.4. The van der Waals surface area contributed by atoms with Gasteiger partial charge in [0.15, 0.2) is 5.13 Å². The van der Waals surface area contributed by atoms with Gasteiger partial charge in [0.25, 0.3) is 0 Å². The Morgan fingerprint density at radius 3 is 3.00 bits per heavy atom. The molecule has 5 heteroatoms. The number of nitrogens with zero attached hydrogens (tertiary/aromatic N) is 2.